The second-order valence-electron chi connectivity index (χ2n) is 5.06. The molecular weight excluding hydrogens is 318 g/mol. The molecule has 0 bridgehead atoms. The van der Waals surface area contributed by atoms with Gasteiger partial charge in [-0.1, -0.05) is 12.1 Å². The topological polar surface area (TPSA) is 60.7 Å². The number of hydrogen-bond acceptors (Lipinski definition) is 5. The maximum atomic E-state index is 9.22. The molecule has 0 aliphatic carbocycles. The SMILES string of the molecule is CCOc1cc(/C(=C/C#N)c2ccc(OC)c(OC)c2)ccc1OC. The summed E-state index contributed by atoms with van der Waals surface area (Å²) < 4.78 is 21.6. The van der Waals surface area contributed by atoms with Crippen molar-refractivity contribution in [3.05, 3.63) is 53.6 Å². The average Bonchev–Trinajstić information content (AvgIpc) is 2.65. The molecule has 0 amide bonds. The first-order chi connectivity index (χ1) is 12.2. The fourth-order valence-corrected chi connectivity index (χ4v) is 2.51. The Labute approximate surface area is 148 Å². The van der Waals surface area contributed by atoms with Gasteiger partial charge in [-0.15, -0.1) is 0 Å². The lowest BCUT2D eigenvalue weighted by Gasteiger charge is -2.14. The molecule has 0 saturated heterocycles. The van der Waals surface area contributed by atoms with E-state index in [1.165, 1.54) is 6.08 Å². The second kappa shape index (κ2) is 8.65. The lowest BCUT2D eigenvalue weighted by Crippen LogP contribution is -1.98. The number of rotatable bonds is 7. The summed E-state index contributed by atoms with van der Waals surface area (Å²) in [5, 5.41) is 9.22. The van der Waals surface area contributed by atoms with Crippen LogP contribution in [0.3, 0.4) is 0 Å². The number of ether oxygens (including phenoxy) is 4. The molecular formula is C20H21NO4. The number of hydrogen-bond donors (Lipinski definition) is 0. The van der Waals surface area contributed by atoms with Crippen molar-refractivity contribution >= 4 is 5.57 Å². The van der Waals surface area contributed by atoms with Gasteiger partial charge < -0.3 is 18.9 Å². The Kier molecular flexibility index (Phi) is 6.30. The summed E-state index contributed by atoms with van der Waals surface area (Å²) in [5.74, 6) is 2.51. The van der Waals surface area contributed by atoms with E-state index >= 15 is 0 Å². The van der Waals surface area contributed by atoms with Gasteiger partial charge in [-0.25, -0.2) is 0 Å². The molecule has 0 fully saturated rings. The van der Waals surface area contributed by atoms with Crippen LogP contribution in [-0.4, -0.2) is 27.9 Å². The third kappa shape index (κ3) is 4.04. The minimum absolute atomic E-state index is 0.521. The van der Waals surface area contributed by atoms with Gasteiger partial charge in [0.25, 0.3) is 0 Å². The summed E-state index contributed by atoms with van der Waals surface area (Å²) in [6, 6.07) is 13.2. The highest BCUT2D eigenvalue weighted by molar-refractivity contribution is 5.83. The Morgan fingerprint density at radius 1 is 0.880 bits per heavy atom. The standard InChI is InChI=1S/C20H21NO4/c1-5-25-20-13-15(7-9-18(20)23-3)16(10-11-21)14-6-8-17(22-2)19(12-14)24-4/h6-10,12-13H,5H2,1-4H3/b16-10+. The third-order valence-electron chi connectivity index (χ3n) is 3.68. The summed E-state index contributed by atoms with van der Waals surface area (Å²) in [4.78, 5) is 0. The predicted octanol–water partition coefficient (Wildman–Crippen LogP) is 4.07. The molecule has 0 saturated carbocycles. The van der Waals surface area contributed by atoms with Crippen molar-refractivity contribution in [2.24, 2.45) is 0 Å². The van der Waals surface area contributed by atoms with Gasteiger partial charge >= 0.3 is 0 Å². The van der Waals surface area contributed by atoms with E-state index in [4.69, 9.17) is 18.9 Å². The summed E-state index contributed by atoms with van der Waals surface area (Å²) >= 11 is 0. The smallest absolute Gasteiger partial charge is 0.161 e. The second-order valence-corrected chi connectivity index (χ2v) is 5.06. The Morgan fingerprint density at radius 3 is 1.88 bits per heavy atom. The van der Waals surface area contributed by atoms with Crippen molar-refractivity contribution in [3.63, 3.8) is 0 Å². The monoisotopic (exact) mass is 339 g/mol. The molecule has 2 rings (SSSR count). The van der Waals surface area contributed by atoms with Crippen molar-refractivity contribution < 1.29 is 18.9 Å². The van der Waals surface area contributed by atoms with Crippen molar-refractivity contribution in [3.8, 4) is 29.1 Å². The molecule has 130 valence electrons. The van der Waals surface area contributed by atoms with Crippen LogP contribution in [-0.2, 0) is 0 Å². The van der Waals surface area contributed by atoms with Gasteiger partial charge in [0.05, 0.1) is 34.0 Å². The molecule has 0 radical (unpaired) electrons. The van der Waals surface area contributed by atoms with Crippen LogP contribution in [0.15, 0.2) is 42.5 Å². The van der Waals surface area contributed by atoms with Gasteiger partial charge in [-0.2, -0.15) is 5.26 Å². The van der Waals surface area contributed by atoms with E-state index in [-0.39, 0.29) is 0 Å². The Balaban J connectivity index is 2.55. The van der Waals surface area contributed by atoms with Crippen LogP contribution in [0.1, 0.15) is 18.1 Å². The number of nitrogens with zero attached hydrogens (tertiary/aromatic N) is 1. The van der Waals surface area contributed by atoms with Crippen LogP contribution >= 0.6 is 0 Å². The Hall–Kier alpha value is -3.13. The number of benzene rings is 2. The van der Waals surface area contributed by atoms with Crippen LogP contribution < -0.4 is 18.9 Å². The molecule has 0 N–H and O–H groups in total. The van der Waals surface area contributed by atoms with E-state index in [0.717, 1.165) is 16.7 Å². The predicted molar refractivity (Wildman–Crippen MR) is 96.4 cm³/mol. The van der Waals surface area contributed by atoms with Crippen molar-refractivity contribution in [1.29, 1.82) is 5.26 Å². The summed E-state index contributed by atoms with van der Waals surface area (Å²) in [6.07, 6.45) is 1.50. The fourth-order valence-electron chi connectivity index (χ4n) is 2.51. The summed E-state index contributed by atoms with van der Waals surface area (Å²) in [5.41, 5.74) is 2.44. The highest BCUT2D eigenvalue weighted by Gasteiger charge is 2.13. The lowest BCUT2D eigenvalue weighted by atomic mass is 9.97. The molecule has 0 aliphatic rings. The van der Waals surface area contributed by atoms with Crippen molar-refractivity contribution in [2.75, 3.05) is 27.9 Å². The molecule has 5 nitrogen and oxygen atoms in total. The van der Waals surface area contributed by atoms with Gasteiger partial charge in [-0.05, 0) is 47.9 Å². The van der Waals surface area contributed by atoms with Gasteiger partial charge in [0.2, 0.25) is 0 Å². The van der Waals surface area contributed by atoms with Crippen LogP contribution in [0.2, 0.25) is 0 Å². The van der Waals surface area contributed by atoms with Gasteiger partial charge in [0.15, 0.2) is 23.0 Å². The molecule has 5 heteroatoms. The normalized spacial score (nSPS) is 10.8. The van der Waals surface area contributed by atoms with Gasteiger partial charge in [0.1, 0.15) is 0 Å². The summed E-state index contributed by atoms with van der Waals surface area (Å²) in [6.45, 7) is 2.43. The Morgan fingerprint density at radius 2 is 1.40 bits per heavy atom. The van der Waals surface area contributed by atoms with Gasteiger partial charge in [0, 0.05) is 6.08 Å². The minimum atomic E-state index is 0.521. The maximum absolute atomic E-state index is 9.22. The van der Waals surface area contributed by atoms with Gasteiger partial charge in [-0.3, -0.25) is 0 Å². The highest BCUT2D eigenvalue weighted by Crippen LogP contribution is 2.36. The van der Waals surface area contributed by atoms with E-state index in [0.29, 0.717) is 29.6 Å². The molecule has 25 heavy (non-hydrogen) atoms. The molecule has 2 aromatic carbocycles. The first-order valence-corrected chi connectivity index (χ1v) is 7.81. The quantitative estimate of drug-likeness (QED) is 0.712. The number of nitriles is 1. The zero-order valence-electron chi connectivity index (χ0n) is 14.8. The van der Waals surface area contributed by atoms with Crippen LogP contribution in [0.25, 0.3) is 5.57 Å². The van der Waals surface area contributed by atoms with E-state index in [2.05, 4.69) is 6.07 Å². The molecule has 0 atom stereocenters. The Bertz CT molecular complexity index is 806. The fraction of sp³-hybridized carbons (Fsp3) is 0.250. The maximum Gasteiger partial charge on any atom is 0.161 e. The lowest BCUT2D eigenvalue weighted by molar-refractivity contribution is 0.311. The minimum Gasteiger partial charge on any atom is -0.493 e. The van der Waals surface area contributed by atoms with Crippen molar-refractivity contribution in [2.45, 2.75) is 6.92 Å². The molecule has 0 aliphatic heterocycles. The van der Waals surface area contributed by atoms with Crippen LogP contribution in [0.4, 0.5) is 0 Å². The molecule has 0 aromatic heterocycles. The van der Waals surface area contributed by atoms with E-state index < -0.39 is 0 Å². The average molecular weight is 339 g/mol. The van der Waals surface area contributed by atoms with Crippen LogP contribution in [0.5, 0.6) is 23.0 Å². The third-order valence-corrected chi connectivity index (χ3v) is 3.68. The highest BCUT2D eigenvalue weighted by atomic mass is 16.5. The zero-order chi connectivity index (χ0) is 18.2. The molecule has 0 unspecified atom stereocenters. The number of allylic oxidation sites excluding steroid dienone is 1. The van der Waals surface area contributed by atoms with E-state index in [1.807, 2.05) is 43.3 Å². The van der Waals surface area contributed by atoms with E-state index in [1.54, 1.807) is 21.3 Å². The molecule has 0 spiro atoms. The summed E-state index contributed by atoms with van der Waals surface area (Å²) in [7, 11) is 4.76. The zero-order valence-corrected chi connectivity index (χ0v) is 14.8. The largest absolute Gasteiger partial charge is 0.493 e. The molecule has 0 heterocycles. The molecule has 2 aromatic rings. The van der Waals surface area contributed by atoms with E-state index in [9.17, 15) is 5.26 Å². The number of methoxy groups -OCH3 is 3. The first kappa shape index (κ1) is 18.2. The van der Waals surface area contributed by atoms with Crippen molar-refractivity contribution in [1.82, 2.24) is 0 Å². The first-order valence-electron chi connectivity index (χ1n) is 7.81. The van der Waals surface area contributed by atoms with Crippen LogP contribution in [0, 0.1) is 11.3 Å².